The molecule has 4 aromatic rings. The molecule has 4 rings (SSSR count). The van der Waals surface area contributed by atoms with Crippen LogP contribution in [0.25, 0.3) is 22.5 Å². The van der Waals surface area contributed by atoms with Crippen molar-refractivity contribution < 1.29 is 4.79 Å². The molecule has 31 heavy (non-hydrogen) atoms. The first-order valence-electron chi connectivity index (χ1n) is 10.4. The molecule has 158 valence electrons. The number of benzene rings is 2. The van der Waals surface area contributed by atoms with Gasteiger partial charge in [0.2, 0.25) is 5.82 Å². The minimum Gasteiger partial charge on any atom is -0.365 e. The monoisotopic (exact) mass is 415 g/mol. The molecule has 2 aromatic carbocycles. The molecule has 0 aliphatic rings. The molecule has 0 saturated heterocycles. The van der Waals surface area contributed by atoms with Crippen LogP contribution in [0.4, 0.5) is 0 Å². The Morgan fingerprint density at radius 3 is 2.48 bits per heavy atom. The second-order valence-electron chi connectivity index (χ2n) is 7.50. The molecule has 0 spiro atoms. The summed E-state index contributed by atoms with van der Waals surface area (Å²) in [4.78, 5) is 12.1. The number of unbranched alkanes of at least 4 members (excludes halogenated alkanes) is 1. The zero-order valence-electron chi connectivity index (χ0n) is 17.7. The molecule has 0 bridgehead atoms. The number of aromatic amines is 1. The van der Waals surface area contributed by atoms with Gasteiger partial charge in [-0.05, 0) is 35.2 Å². The summed E-state index contributed by atoms with van der Waals surface area (Å²) >= 11 is 0. The molecule has 2 aromatic heterocycles. The van der Waals surface area contributed by atoms with Crippen LogP contribution in [0.15, 0.2) is 48.5 Å². The lowest BCUT2D eigenvalue weighted by atomic mass is 9.97. The van der Waals surface area contributed by atoms with Crippen LogP contribution >= 0.6 is 0 Å². The maximum absolute atomic E-state index is 12.1. The Morgan fingerprint density at radius 1 is 1.10 bits per heavy atom. The third-order valence-corrected chi connectivity index (χ3v) is 5.35. The number of nitrogens with two attached hydrogens (primary N) is 1. The van der Waals surface area contributed by atoms with E-state index >= 15 is 0 Å². The predicted octanol–water partition coefficient (Wildman–Crippen LogP) is 3.53. The number of H-pyrrole nitrogens is 1. The number of rotatable bonds is 8. The Labute approximate surface area is 180 Å². The summed E-state index contributed by atoms with van der Waals surface area (Å²) in [6.07, 6.45) is 2.65. The number of carbonyl (C=O) groups is 1. The van der Waals surface area contributed by atoms with E-state index in [1.54, 1.807) is 0 Å². The Bertz CT molecular complexity index is 1180. The minimum absolute atomic E-state index is 0.430. The Morgan fingerprint density at radius 2 is 1.84 bits per heavy atom. The number of aryl methyl sites for hydroxylation is 2. The average Bonchev–Trinajstić information content (AvgIpc) is 3.41. The lowest BCUT2D eigenvalue weighted by Crippen LogP contribution is -2.15. The molecule has 8 nitrogen and oxygen atoms in total. The van der Waals surface area contributed by atoms with Gasteiger partial charge >= 0.3 is 0 Å². The van der Waals surface area contributed by atoms with E-state index in [0.29, 0.717) is 23.5 Å². The van der Waals surface area contributed by atoms with E-state index in [4.69, 9.17) is 5.73 Å². The highest BCUT2D eigenvalue weighted by molar-refractivity contribution is 5.95. The van der Waals surface area contributed by atoms with Crippen LogP contribution in [-0.2, 0) is 13.0 Å². The van der Waals surface area contributed by atoms with Gasteiger partial charge in [0.1, 0.15) is 0 Å². The summed E-state index contributed by atoms with van der Waals surface area (Å²) in [7, 11) is 0. The molecule has 0 atom stereocenters. The van der Waals surface area contributed by atoms with Crippen molar-refractivity contribution >= 4 is 5.91 Å². The molecule has 0 fully saturated rings. The molecule has 1 amide bonds. The molecule has 3 N–H and O–H groups in total. The van der Waals surface area contributed by atoms with Gasteiger partial charge in [0.05, 0.1) is 17.0 Å². The maximum Gasteiger partial charge on any atom is 0.252 e. The Hall–Kier alpha value is -3.81. The van der Waals surface area contributed by atoms with Gasteiger partial charge in [-0.15, -0.1) is 10.2 Å². The molecule has 0 radical (unpaired) electrons. The number of nitrogens with zero attached hydrogens (tertiary/aromatic N) is 5. The van der Waals surface area contributed by atoms with Crippen LogP contribution in [0.1, 0.15) is 47.1 Å². The summed E-state index contributed by atoms with van der Waals surface area (Å²) < 4.78 is 1.93. The van der Waals surface area contributed by atoms with E-state index in [-0.39, 0.29) is 0 Å². The Balaban J connectivity index is 1.65. The molecule has 2 heterocycles. The first-order chi connectivity index (χ1) is 15.1. The van der Waals surface area contributed by atoms with Crippen molar-refractivity contribution in [3.8, 4) is 22.5 Å². The molecular formula is C23H25N7O. The fourth-order valence-corrected chi connectivity index (χ4v) is 3.82. The minimum atomic E-state index is -0.430. The average molecular weight is 416 g/mol. The van der Waals surface area contributed by atoms with Crippen molar-refractivity contribution in [3.05, 3.63) is 71.0 Å². The predicted molar refractivity (Wildman–Crippen MR) is 118 cm³/mol. The summed E-state index contributed by atoms with van der Waals surface area (Å²) in [6.45, 7) is 4.75. The summed E-state index contributed by atoms with van der Waals surface area (Å²) in [5.74, 6) is 0.127. The highest BCUT2D eigenvalue weighted by Crippen LogP contribution is 2.30. The quantitative estimate of drug-likeness (QED) is 0.457. The first kappa shape index (κ1) is 20.5. The maximum atomic E-state index is 12.1. The first-order valence-corrected chi connectivity index (χ1v) is 10.4. The number of carbonyl (C=O) groups excluding carboxylic acids is 1. The van der Waals surface area contributed by atoms with Gasteiger partial charge in [0.25, 0.3) is 5.91 Å². The standard InChI is InChI=1S/C23H25N7O/c1-3-4-13-30-20(21(22(24)31)15(2)27-30)14-16-9-11-17(12-10-16)18-7-5-6-8-19(18)23-25-28-29-26-23/h5-12H,3-4,13-14H2,1-2H3,(H2,24,31)(H,25,26,28,29). The third-order valence-electron chi connectivity index (χ3n) is 5.35. The second kappa shape index (κ2) is 8.91. The number of hydrogen-bond donors (Lipinski definition) is 2. The number of tetrazole rings is 1. The van der Waals surface area contributed by atoms with E-state index in [9.17, 15) is 4.79 Å². The SMILES string of the molecule is CCCCn1nc(C)c(C(N)=O)c1Cc1ccc(-c2ccccc2-c2nn[nH]n2)cc1. The zero-order valence-corrected chi connectivity index (χ0v) is 17.7. The lowest BCUT2D eigenvalue weighted by molar-refractivity contribution is 0.0999. The van der Waals surface area contributed by atoms with Crippen molar-refractivity contribution in [2.24, 2.45) is 5.73 Å². The van der Waals surface area contributed by atoms with Gasteiger partial charge in [-0.2, -0.15) is 10.3 Å². The van der Waals surface area contributed by atoms with Crippen LogP contribution in [0.5, 0.6) is 0 Å². The van der Waals surface area contributed by atoms with E-state index in [0.717, 1.165) is 47.3 Å². The van der Waals surface area contributed by atoms with Gasteiger partial charge in [-0.3, -0.25) is 9.48 Å². The van der Waals surface area contributed by atoms with Gasteiger partial charge < -0.3 is 5.73 Å². The van der Waals surface area contributed by atoms with Crippen molar-refractivity contribution in [2.45, 2.75) is 39.7 Å². The summed E-state index contributed by atoms with van der Waals surface area (Å²) in [6, 6.07) is 16.2. The molecular weight excluding hydrogens is 390 g/mol. The molecule has 0 aliphatic heterocycles. The number of primary amides is 1. The van der Waals surface area contributed by atoms with Crippen LogP contribution in [-0.4, -0.2) is 36.3 Å². The highest BCUT2D eigenvalue weighted by Gasteiger charge is 2.19. The number of nitrogens with one attached hydrogen (secondary N) is 1. The van der Waals surface area contributed by atoms with E-state index < -0.39 is 5.91 Å². The van der Waals surface area contributed by atoms with Crippen molar-refractivity contribution in [1.82, 2.24) is 30.4 Å². The van der Waals surface area contributed by atoms with Crippen LogP contribution in [0.2, 0.25) is 0 Å². The lowest BCUT2D eigenvalue weighted by Gasteiger charge is -2.10. The van der Waals surface area contributed by atoms with Gasteiger partial charge in [0, 0.05) is 18.5 Å². The highest BCUT2D eigenvalue weighted by atomic mass is 16.1. The normalized spacial score (nSPS) is 11.0. The number of amides is 1. The number of hydrogen-bond acceptors (Lipinski definition) is 5. The van der Waals surface area contributed by atoms with Gasteiger partial charge in [-0.25, -0.2) is 0 Å². The van der Waals surface area contributed by atoms with E-state index in [1.165, 1.54) is 0 Å². The van der Waals surface area contributed by atoms with Crippen molar-refractivity contribution in [1.29, 1.82) is 0 Å². The number of aromatic nitrogens is 6. The van der Waals surface area contributed by atoms with E-state index in [1.807, 2.05) is 35.9 Å². The molecule has 0 saturated carbocycles. The van der Waals surface area contributed by atoms with Crippen LogP contribution < -0.4 is 5.73 Å². The fraction of sp³-hybridized carbons (Fsp3) is 0.261. The topological polar surface area (TPSA) is 115 Å². The summed E-state index contributed by atoms with van der Waals surface area (Å²) in [5, 5.41) is 18.9. The molecule has 8 heteroatoms. The largest absolute Gasteiger partial charge is 0.365 e. The summed E-state index contributed by atoms with van der Waals surface area (Å²) in [5.41, 5.74) is 11.8. The molecule has 0 aliphatic carbocycles. The van der Waals surface area contributed by atoms with E-state index in [2.05, 4.69) is 56.9 Å². The Kier molecular flexibility index (Phi) is 5.88. The fourth-order valence-electron chi connectivity index (χ4n) is 3.82. The smallest absolute Gasteiger partial charge is 0.252 e. The van der Waals surface area contributed by atoms with Crippen molar-refractivity contribution in [3.63, 3.8) is 0 Å². The third kappa shape index (κ3) is 4.23. The molecule has 0 unspecified atom stereocenters. The van der Waals surface area contributed by atoms with Crippen molar-refractivity contribution in [2.75, 3.05) is 0 Å². The van der Waals surface area contributed by atoms with Crippen LogP contribution in [0, 0.1) is 6.92 Å². The van der Waals surface area contributed by atoms with Gasteiger partial charge in [-0.1, -0.05) is 61.9 Å². The van der Waals surface area contributed by atoms with Crippen LogP contribution in [0.3, 0.4) is 0 Å². The second-order valence-corrected chi connectivity index (χ2v) is 7.50. The van der Waals surface area contributed by atoms with Gasteiger partial charge in [0.15, 0.2) is 0 Å². The zero-order chi connectivity index (χ0) is 21.8.